The van der Waals surface area contributed by atoms with Gasteiger partial charge in [-0.05, 0) is 51.2 Å². The van der Waals surface area contributed by atoms with Crippen LogP contribution in [-0.4, -0.2) is 37.6 Å². The van der Waals surface area contributed by atoms with E-state index in [0.29, 0.717) is 0 Å². The number of nitrogens with one attached hydrogen (secondary N) is 1. The molecule has 1 heterocycles. The lowest BCUT2D eigenvalue weighted by molar-refractivity contribution is 0.269. The summed E-state index contributed by atoms with van der Waals surface area (Å²) < 4.78 is 0. The second-order valence-corrected chi connectivity index (χ2v) is 5.96. The summed E-state index contributed by atoms with van der Waals surface area (Å²) >= 11 is 0. The number of rotatable bonds is 4. The summed E-state index contributed by atoms with van der Waals surface area (Å²) in [5.41, 5.74) is 0. The van der Waals surface area contributed by atoms with Gasteiger partial charge in [0.05, 0.1) is 0 Å². The predicted octanol–water partition coefficient (Wildman–Crippen LogP) is 2.50. The van der Waals surface area contributed by atoms with E-state index in [0.717, 1.165) is 17.9 Å². The maximum Gasteiger partial charge on any atom is 0.00698 e. The van der Waals surface area contributed by atoms with Crippen molar-refractivity contribution in [1.82, 2.24) is 10.2 Å². The lowest BCUT2D eigenvalue weighted by atomic mass is 9.84. The predicted molar refractivity (Wildman–Crippen MR) is 69.6 cm³/mol. The van der Waals surface area contributed by atoms with Crippen LogP contribution in [-0.2, 0) is 0 Å². The number of nitrogens with zero attached hydrogens (tertiary/aromatic N) is 1. The number of likely N-dealkylation sites (tertiary alicyclic amines) is 1. The van der Waals surface area contributed by atoms with Crippen LogP contribution >= 0.6 is 0 Å². The molecule has 0 aromatic rings. The van der Waals surface area contributed by atoms with E-state index in [4.69, 9.17) is 0 Å². The molecule has 0 amide bonds. The number of hydrogen-bond donors (Lipinski definition) is 1. The molecule has 1 saturated heterocycles. The van der Waals surface area contributed by atoms with Gasteiger partial charge in [-0.1, -0.05) is 26.2 Å². The van der Waals surface area contributed by atoms with Gasteiger partial charge >= 0.3 is 0 Å². The Hall–Kier alpha value is -0.0800. The van der Waals surface area contributed by atoms with Crippen molar-refractivity contribution in [1.29, 1.82) is 0 Å². The van der Waals surface area contributed by atoms with E-state index in [9.17, 15) is 0 Å². The van der Waals surface area contributed by atoms with Crippen LogP contribution in [0.1, 0.15) is 45.4 Å². The maximum atomic E-state index is 3.82. The molecule has 2 fully saturated rings. The molecule has 0 aromatic heterocycles. The first-order chi connectivity index (χ1) is 7.78. The zero-order valence-corrected chi connectivity index (χ0v) is 11.0. The summed E-state index contributed by atoms with van der Waals surface area (Å²) in [7, 11) is 2.24. The van der Waals surface area contributed by atoms with E-state index in [1.807, 2.05) is 0 Å². The Morgan fingerprint density at radius 1 is 1.19 bits per heavy atom. The maximum absolute atomic E-state index is 3.82. The van der Waals surface area contributed by atoms with E-state index in [1.54, 1.807) is 0 Å². The molecule has 0 spiro atoms. The fraction of sp³-hybridized carbons (Fsp3) is 1.00. The van der Waals surface area contributed by atoms with Crippen LogP contribution in [0.5, 0.6) is 0 Å². The van der Waals surface area contributed by atoms with Gasteiger partial charge in [0.25, 0.3) is 0 Å². The van der Waals surface area contributed by atoms with Gasteiger partial charge in [-0.2, -0.15) is 0 Å². The fourth-order valence-electron chi connectivity index (χ4n) is 3.37. The van der Waals surface area contributed by atoms with Crippen LogP contribution in [0.2, 0.25) is 0 Å². The Balaban J connectivity index is 1.65. The van der Waals surface area contributed by atoms with E-state index >= 15 is 0 Å². The Morgan fingerprint density at radius 2 is 2.06 bits per heavy atom. The summed E-state index contributed by atoms with van der Waals surface area (Å²) in [4.78, 5) is 2.46. The Kier molecular flexibility index (Phi) is 4.66. The van der Waals surface area contributed by atoms with Gasteiger partial charge in [-0.15, -0.1) is 0 Å². The van der Waals surface area contributed by atoms with Crippen molar-refractivity contribution < 1.29 is 0 Å². The van der Waals surface area contributed by atoms with E-state index in [-0.39, 0.29) is 0 Å². The van der Waals surface area contributed by atoms with Crippen molar-refractivity contribution in [3.63, 3.8) is 0 Å². The monoisotopic (exact) mass is 224 g/mol. The van der Waals surface area contributed by atoms with Crippen LogP contribution in [0.4, 0.5) is 0 Å². The first kappa shape index (κ1) is 12.4. The van der Waals surface area contributed by atoms with Crippen LogP contribution in [0.25, 0.3) is 0 Å². The van der Waals surface area contributed by atoms with Crippen molar-refractivity contribution in [3.05, 3.63) is 0 Å². The molecule has 1 saturated carbocycles. The summed E-state index contributed by atoms with van der Waals surface area (Å²) in [6, 6.07) is 0.824. The molecular weight excluding hydrogens is 196 g/mol. The fourth-order valence-corrected chi connectivity index (χ4v) is 3.37. The highest BCUT2D eigenvalue weighted by Crippen LogP contribution is 2.26. The highest BCUT2D eigenvalue weighted by molar-refractivity contribution is 4.80. The Bertz CT molecular complexity index is 205. The van der Waals surface area contributed by atoms with Gasteiger partial charge in [0.15, 0.2) is 0 Å². The molecule has 3 unspecified atom stereocenters. The topological polar surface area (TPSA) is 15.3 Å². The molecule has 2 aliphatic rings. The van der Waals surface area contributed by atoms with E-state index < -0.39 is 0 Å². The first-order valence-electron chi connectivity index (χ1n) is 7.19. The minimum atomic E-state index is 0.824. The highest BCUT2D eigenvalue weighted by Gasteiger charge is 2.23. The van der Waals surface area contributed by atoms with Gasteiger partial charge in [-0.25, -0.2) is 0 Å². The molecule has 3 atom stereocenters. The molecule has 2 nitrogen and oxygen atoms in total. The van der Waals surface area contributed by atoms with Crippen LogP contribution < -0.4 is 5.32 Å². The SMILES string of the molecule is CCC1CCCC(NCC2CCN(C)C2)C1. The Labute approximate surface area is 101 Å². The molecule has 0 aromatic carbocycles. The molecule has 0 radical (unpaired) electrons. The van der Waals surface area contributed by atoms with E-state index in [2.05, 4.69) is 24.2 Å². The average molecular weight is 224 g/mol. The molecule has 2 heteroatoms. The van der Waals surface area contributed by atoms with Gasteiger partial charge in [0.2, 0.25) is 0 Å². The molecule has 1 N–H and O–H groups in total. The standard InChI is InChI=1S/C14H28N2/c1-3-12-5-4-6-14(9-12)15-10-13-7-8-16(2)11-13/h12-15H,3-11H2,1-2H3. The van der Waals surface area contributed by atoms with Crippen LogP contribution in [0, 0.1) is 11.8 Å². The zero-order chi connectivity index (χ0) is 11.4. The quantitative estimate of drug-likeness (QED) is 0.789. The molecule has 2 rings (SSSR count). The average Bonchev–Trinajstić information content (AvgIpc) is 2.73. The second kappa shape index (κ2) is 6.02. The highest BCUT2D eigenvalue weighted by atomic mass is 15.1. The third-order valence-corrected chi connectivity index (χ3v) is 4.54. The van der Waals surface area contributed by atoms with Gasteiger partial charge in [0.1, 0.15) is 0 Å². The first-order valence-corrected chi connectivity index (χ1v) is 7.19. The van der Waals surface area contributed by atoms with Crippen molar-refractivity contribution in [2.45, 2.75) is 51.5 Å². The second-order valence-electron chi connectivity index (χ2n) is 5.96. The van der Waals surface area contributed by atoms with Gasteiger partial charge < -0.3 is 10.2 Å². The minimum absolute atomic E-state index is 0.824. The minimum Gasteiger partial charge on any atom is -0.314 e. The summed E-state index contributed by atoms with van der Waals surface area (Å²) in [6.45, 7) is 6.20. The molecular formula is C14H28N2. The van der Waals surface area contributed by atoms with Crippen molar-refractivity contribution >= 4 is 0 Å². The molecule has 1 aliphatic carbocycles. The molecule has 94 valence electrons. The largest absolute Gasteiger partial charge is 0.314 e. The van der Waals surface area contributed by atoms with Crippen molar-refractivity contribution in [3.8, 4) is 0 Å². The van der Waals surface area contributed by atoms with Gasteiger partial charge in [0, 0.05) is 12.6 Å². The third kappa shape index (κ3) is 3.46. The van der Waals surface area contributed by atoms with Crippen molar-refractivity contribution in [2.24, 2.45) is 11.8 Å². The van der Waals surface area contributed by atoms with Crippen LogP contribution in [0.15, 0.2) is 0 Å². The van der Waals surface area contributed by atoms with E-state index in [1.165, 1.54) is 58.2 Å². The molecule has 0 bridgehead atoms. The molecule has 16 heavy (non-hydrogen) atoms. The Morgan fingerprint density at radius 3 is 2.75 bits per heavy atom. The van der Waals surface area contributed by atoms with Gasteiger partial charge in [-0.3, -0.25) is 0 Å². The zero-order valence-electron chi connectivity index (χ0n) is 11.0. The summed E-state index contributed by atoms with van der Waals surface area (Å²) in [5, 5.41) is 3.82. The lowest BCUT2D eigenvalue weighted by Crippen LogP contribution is -2.37. The number of hydrogen-bond acceptors (Lipinski definition) is 2. The molecule has 1 aliphatic heterocycles. The smallest absolute Gasteiger partial charge is 0.00698 e. The summed E-state index contributed by atoms with van der Waals surface area (Å²) in [5.74, 6) is 1.91. The lowest BCUT2D eigenvalue weighted by Gasteiger charge is -2.30. The van der Waals surface area contributed by atoms with Crippen LogP contribution in [0.3, 0.4) is 0 Å². The normalized spacial score (nSPS) is 36.8. The summed E-state index contributed by atoms with van der Waals surface area (Å²) in [6.07, 6.45) is 8.54. The third-order valence-electron chi connectivity index (χ3n) is 4.54. The van der Waals surface area contributed by atoms with Crippen molar-refractivity contribution in [2.75, 3.05) is 26.7 Å².